The molecule has 0 aromatic heterocycles. The third-order valence-corrected chi connectivity index (χ3v) is 4.84. The van der Waals surface area contributed by atoms with Crippen LogP contribution in [0.2, 0.25) is 5.02 Å². The molecule has 1 unspecified atom stereocenters. The molecule has 1 aromatic rings. The van der Waals surface area contributed by atoms with Crippen LogP contribution in [0.15, 0.2) is 22.7 Å². The Balaban J connectivity index is 1.70. The van der Waals surface area contributed by atoms with Crippen molar-refractivity contribution in [1.29, 1.82) is 0 Å². The molecule has 20 heavy (non-hydrogen) atoms. The van der Waals surface area contributed by atoms with Crippen molar-refractivity contribution in [3.05, 3.63) is 33.3 Å². The summed E-state index contributed by atoms with van der Waals surface area (Å²) < 4.78 is 1.12. The molecule has 0 spiro atoms. The second-order valence-corrected chi connectivity index (χ2v) is 7.12. The van der Waals surface area contributed by atoms with Gasteiger partial charge in [0.25, 0.3) is 0 Å². The SMILES string of the molecule is CC(CNCc1cc(Cl)ccc1Br)CN1CCCCC1. The number of hydrogen-bond donors (Lipinski definition) is 1. The van der Waals surface area contributed by atoms with Gasteiger partial charge in [-0.3, -0.25) is 0 Å². The Kier molecular flexibility index (Phi) is 6.82. The highest BCUT2D eigenvalue weighted by Crippen LogP contribution is 2.21. The van der Waals surface area contributed by atoms with E-state index in [-0.39, 0.29) is 0 Å². The van der Waals surface area contributed by atoms with E-state index >= 15 is 0 Å². The third-order valence-electron chi connectivity index (χ3n) is 3.83. The Bertz CT molecular complexity index is 419. The van der Waals surface area contributed by atoms with Gasteiger partial charge in [-0.1, -0.05) is 40.9 Å². The zero-order valence-electron chi connectivity index (χ0n) is 12.2. The second kappa shape index (κ2) is 8.38. The molecule has 1 saturated heterocycles. The van der Waals surface area contributed by atoms with E-state index in [9.17, 15) is 0 Å². The quantitative estimate of drug-likeness (QED) is 0.814. The Labute approximate surface area is 136 Å². The van der Waals surface area contributed by atoms with E-state index in [4.69, 9.17) is 11.6 Å². The Hall–Kier alpha value is -0.0900. The highest BCUT2D eigenvalue weighted by Gasteiger charge is 2.13. The topological polar surface area (TPSA) is 15.3 Å². The van der Waals surface area contributed by atoms with E-state index < -0.39 is 0 Å². The summed E-state index contributed by atoms with van der Waals surface area (Å²) in [5.74, 6) is 0.686. The molecule has 0 saturated carbocycles. The highest BCUT2D eigenvalue weighted by molar-refractivity contribution is 9.10. The maximum atomic E-state index is 6.03. The first kappa shape index (κ1) is 16.3. The first-order valence-corrected chi connectivity index (χ1v) is 8.69. The van der Waals surface area contributed by atoms with Crippen LogP contribution in [0.5, 0.6) is 0 Å². The lowest BCUT2D eigenvalue weighted by atomic mass is 10.1. The van der Waals surface area contributed by atoms with Gasteiger partial charge in [0.1, 0.15) is 0 Å². The molecule has 1 aromatic carbocycles. The number of nitrogens with one attached hydrogen (secondary N) is 1. The zero-order valence-corrected chi connectivity index (χ0v) is 14.5. The van der Waals surface area contributed by atoms with Gasteiger partial charge in [0.2, 0.25) is 0 Å². The van der Waals surface area contributed by atoms with E-state index in [2.05, 4.69) is 33.1 Å². The predicted molar refractivity (Wildman–Crippen MR) is 90.3 cm³/mol. The van der Waals surface area contributed by atoms with Gasteiger partial charge in [-0.05, 0) is 62.2 Å². The molecule has 2 rings (SSSR count). The van der Waals surface area contributed by atoms with Gasteiger partial charge in [-0.2, -0.15) is 0 Å². The molecule has 2 nitrogen and oxygen atoms in total. The average molecular weight is 360 g/mol. The number of halogens is 2. The standard InChI is InChI=1S/C16H24BrClN2/c1-13(12-20-7-3-2-4-8-20)10-19-11-14-9-15(18)5-6-16(14)17/h5-6,9,13,19H,2-4,7-8,10-12H2,1H3. The van der Waals surface area contributed by atoms with Crippen molar-refractivity contribution in [3.8, 4) is 0 Å². The first-order chi connectivity index (χ1) is 9.65. The Morgan fingerprint density at radius 3 is 2.80 bits per heavy atom. The van der Waals surface area contributed by atoms with Crippen molar-refractivity contribution in [2.45, 2.75) is 32.7 Å². The monoisotopic (exact) mass is 358 g/mol. The Morgan fingerprint density at radius 1 is 1.30 bits per heavy atom. The molecule has 1 N–H and O–H groups in total. The Morgan fingerprint density at radius 2 is 2.05 bits per heavy atom. The van der Waals surface area contributed by atoms with Crippen LogP contribution in [0.3, 0.4) is 0 Å². The van der Waals surface area contributed by atoms with Crippen LogP contribution in [0.4, 0.5) is 0 Å². The molecule has 0 aliphatic carbocycles. The van der Waals surface area contributed by atoms with E-state index in [1.54, 1.807) is 0 Å². The normalized spacial score (nSPS) is 18.1. The molecule has 1 fully saturated rings. The number of nitrogens with zero attached hydrogens (tertiary/aromatic N) is 1. The minimum Gasteiger partial charge on any atom is -0.312 e. The molecule has 0 radical (unpaired) electrons. The van der Waals surface area contributed by atoms with Gasteiger partial charge in [-0.25, -0.2) is 0 Å². The lowest BCUT2D eigenvalue weighted by Gasteiger charge is -2.29. The summed E-state index contributed by atoms with van der Waals surface area (Å²) in [7, 11) is 0. The van der Waals surface area contributed by atoms with E-state index in [0.29, 0.717) is 5.92 Å². The number of likely N-dealkylation sites (tertiary alicyclic amines) is 1. The molecule has 112 valence electrons. The van der Waals surface area contributed by atoms with Gasteiger partial charge in [-0.15, -0.1) is 0 Å². The summed E-state index contributed by atoms with van der Waals surface area (Å²) >= 11 is 9.60. The molecule has 4 heteroatoms. The first-order valence-electron chi connectivity index (χ1n) is 7.52. The molecular weight excluding hydrogens is 336 g/mol. The fourth-order valence-corrected chi connectivity index (χ4v) is 3.36. The number of hydrogen-bond acceptors (Lipinski definition) is 2. The fourth-order valence-electron chi connectivity index (χ4n) is 2.78. The van der Waals surface area contributed by atoms with E-state index in [1.807, 2.05) is 18.2 Å². The molecule has 1 atom stereocenters. The van der Waals surface area contributed by atoms with E-state index in [0.717, 1.165) is 22.6 Å². The fraction of sp³-hybridized carbons (Fsp3) is 0.625. The van der Waals surface area contributed by atoms with Crippen LogP contribution in [-0.4, -0.2) is 31.1 Å². The molecular formula is C16H24BrClN2. The van der Waals surface area contributed by atoms with Crippen LogP contribution < -0.4 is 5.32 Å². The van der Waals surface area contributed by atoms with Crippen LogP contribution in [0.1, 0.15) is 31.7 Å². The molecule has 0 amide bonds. The van der Waals surface area contributed by atoms with Crippen molar-refractivity contribution in [3.63, 3.8) is 0 Å². The smallest absolute Gasteiger partial charge is 0.0410 e. The van der Waals surface area contributed by atoms with Crippen LogP contribution in [0, 0.1) is 5.92 Å². The largest absolute Gasteiger partial charge is 0.312 e. The average Bonchev–Trinajstić information content (AvgIpc) is 2.44. The van der Waals surface area contributed by atoms with E-state index in [1.165, 1.54) is 44.5 Å². The van der Waals surface area contributed by atoms with Crippen LogP contribution in [0.25, 0.3) is 0 Å². The zero-order chi connectivity index (χ0) is 14.4. The molecule has 1 heterocycles. The summed E-state index contributed by atoms with van der Waals surface area (Å²) in [4.78, 5) is 2.60. The summed E-state index contributed by atoms with van der Waals surface area (Å²) in [6.45, 7) is 8.02. The van der Waals surface area contributed by atoms with Crippen molar-refractivity contribution in [1.82, 2.24) is 10.2 Å². The summed E-state index contributed by atoms with van der Waals surface area (Å²) in [5, 5.41) is 4.34. The highest BCUT2D eigenvalue weighted by atomic mass is 79.9. The predicted octanol–water partition coefficient (Wildman–Crippen LogP) is 4.31. The van der Waals surface area contributed by atoms with Crippen LogP contribution >= 0.6 is 27.5 Å². The van der Waals surface area contributed by atoms with Crippen LogP contribution in [-0.2, 0) is 6.54 Å². The van der Waals surface area contributed by atoms with Gasteiger partial charge >= 0.3 is 0 Å². The summed E-state index contributed by atoms with van der Waals surface area (Å²) in [6, 6.07) is 5.94. The number of benzene rings is 1. The maximum absolute atomic E-state index is 6.03. The number of rotatable bonds is 6. The lowest BCUT2D eigenvalue weighted by molar-refractivity contribution is 0.199. The van der Waals surface area contributed by atoms with Crippen molar-refractivity contribution in [2.75, 3.05) is 26.2 Å². The minimum atomic E-state index is 0.686. The molecule has 1 aliphatic rings. The van der Waals surface area contributed by atoms with Crippen molar-refractivity contribution < 1.29 is 0 Å². The minimum absolute atomic E-state index is 0.686. The molecule has 0 bridgehead atoms. The van der Waals surface area contributed by atoms with Crippen molar-refractivity contribution in [2.24, 2.45) is 5.92 Å². The molecule has 1 aliphatic heterocycles. The van der Waals surface area contributed by atoms with Gasteiger partial charge < -0.3 is 10.2 Å². The summed E-state index contributed by atoms with van der Waals surface area (Å²) in [6.07, 6.45) is 4.15. The van der Waals surface area contributed by atoms with Gasteiger partial charge in [0.15, 0.2) is 0 Å². The summed E-state index contributed by atoms with van der Waals surface area (Å²) in [5.41, 5.74) is 1.22. The third kappa shape index (κ3) is 5.36. The number of piperidine rings is 1. The second-order valence-electron chi connectivity index (χ2n) is 5.83. The maximum Gasteiger partial charge on any atom is 0.0410 e. The van der Waals surface area contributed by atoms with Gasteiger partial charge in [0, 0.05) is 22.6 Å². The van der Waals surface area contributed by atoms with Gasteiger partial charge in [0.05, 0.1) is 0 Å². The lowest BCUT2D eigenvalue weighted by Crippen LogP contribution is -2.36. The van der Waals surface area contributed by atoms with Crippen molar-refractivity contribution >= 4 is 27.5 Å².